The van der Waals surface area contributed by atoms with Gasteiger partial charge < -0.3 is 0 Å². The summed E-state index contributed by atoms with van der Waals surface area (Å²) in [6.45, 7) is 0. The van der Waals surface area contributed by atoms with Gasteiger partial charge in [0.2, 0.25) is 0 Å². The van der Waals surface area contributed by atoms with Crippen LogP contribution in [0.25, 0.3) is 5.69 Å². The van der Waals surface area contributed by atoms with Crippen LogP contribution in [0.4, 0.5) is 0 Å². The topological polar surface area (TPSA) is 47.8 Å². The van der Waals surface area contributed by atoms with Crippen LogP contribution >= 0.6 is 22.6 Å². The van der Waals surface area contributed by atoms with Gasteiger partial charge >= 0.3 is 0 Å². The summed E-state index contributed by atoms with van der Waals surface area (Å²) >= 11 is 2.19. The third-order valence-corrected chi connectivity index (χ3v) is 2.67. The molecule has 0 aliphatic heterocycles. The summed E-state index contributed by atoms with van der Waals surface area (Å²) in [5.74, 6) is 0.314. The molecule has 5 heteroatoms. The number of nitrogens with zero attached hydrogens (tertiary/aromatic N) is 3. The van der Waals surface area contributed by atoms with Gasteiger partial charge in [-0.3, -0.25) is 4.79 Å². The van der Waals surface area contributed by atoms with Gasteiger partial charge in [-0.15, -0.1) is 0 Å². The van der Waals surface area contributed by atoms with Crippen molar-refractivity contribution in [2.45, 2.75) is 0 Å². The molecular formula is C9H6IN3O. The van der Waals surface area contributed by atoms with Crippen molar-refractivity contribution in [3.05, 3.63) is 40.0 Å². The molecule has 0 N–H and O–H groups in total. The first-order valence-electron chi connectivity index (χ1n) is 3.93. The predicted octanol–water partition coefficient (Wildman–Crippen LogP) is 1.68. The SMILES string of the molecule is O=Cc1ncnn1-c1ccccc1I. The molecule has 1 heterocycles. The Bertz CT molecular complexity index is 467. The third kappa shape index (κ3) is 1.54. The quantitative estimate of drug-likeness (QED) is 0.626. The van der Waals surface area contributed by atoms with E-state index in [2.05, 4.69) is 32.7 Å². The molecule has 0 aliphatic rings. The minimum atomic E-state index is 0.314. The summed E-state index contributed by atoms with van der Waals surface area (Å²) in [5, 5.41) is 3.99. The van der Waals surface area contributed by atoms with E-state index in [4.69, 9.17) is 0 Å². The molecule has 1 aromatic heterocycles. The zero-order valence-electron chi connectivity index (χ0n) is 7.09. The van der Waals surface area contributed by atoms with Crippen LogP contribution in [0.5, 0.6) is 0 Å². The van der Waals surface area contributed by atoms with Gasteiger partial charge in [-0.25, -0.2) is 9.67 Å². The third-order valence-electron chi connectivity index (χ3n) is 1.76. The number of halogens is 1. The predicted molar refractivity (Wildman–Crippen MR) is 59.5 cm³/mol. The largest absolute Gasteiger partial charge is 0.294 e. The molecule has 14 heavy (non-hydrogen) atoms. The Labute approximate surface area is 94.1 Å². The van der Waals surface area contributed by atoms with Gasteiger partial charge in [0.25, 0.3) is 0 Å². The van der Waals surface area contributed by atoms with Gasteiger partial charge in [-0.05, 0) is 34.7 Å². The lowest BCUT2D eigenvalue weighted by Crippen LogP contribution is -2.03. The van der Waals surface area contributed by atoms with Gasteiger partial charge in [-0.1, -0.05) is 12.1 Å². The number of hydrogen-bond acceptors (Lipinski definition) is 3. The normalized spacial score (nSPS) is 10.1. The summed E-state index contributed by atoms with van der Waals surface area (Å²) in [4.78, 5) is 14.5. The Hall–Kier alpha value is -1.24. The maximum absolute atomic E-state index is 10.6. The number of aromatic nitrogens is 3. The molecule has 70 valence electrons. The highest BCUT2D eigenvalue weighted by molar-refractivity contribution is 14.1. The maximum atomic E-state index is 10.6. The molecule has 1 aromatic carbocycles. The lowest BCUT2D eigenvalue weighted by molar-refractivity contribution is 0.111. The van der Waals surface area contributed by atoms with Crippen molar-refractivity contribution in [3.63, 3.8) is 0 Å². The Balaban J connectivity index is 2.60. The van der Waals surface area contributed by atoms with E-state index >= 15 is 0 Å². The summed E-state index contributed by atoms with van der Waals surface area (Å²) in [7, 11) is 0. The van der Waals surface area contributed by atoms with Crippen molar-refractivity contribution < 1.29 is 4.79 Å². The van der Waals surface area contributed by atoms with Crippen molar-refractivity contribution in [3.8, 4) is 5.69 Å². The minimum Gasteiger partial charge on any atom is -0.294 e. The Morgan fingerprint density at radius 2 is 2.14 bits per heavy atom. The van der Waals surface area contributed by atoms with E-state index in [1.54, 1.807) is 0 Å². The summed E-state index contributed by atoms with van der Waals surface area (Å²) in [5.41, 5.74) is 0.868. The second-order valence-corrected chi connectivity index (χ2v) is 3.76. The van der Waals surface area contributed by atoms with Crippen LogP contribution in [-0.4, -0.2) is 21.1 Å². The molecule has 2 rings (SSSR count). The molecule has 0 saturated carbocycles. The standard InChI is InChI=1S/C9H6IN3O/c10-7-3-1-2-4-8(7)13-9(5-14)11-6-12-13/h1-6H. The fourth-order valence-corrected chi connectivity index (χ4v) is 1.76. The van der Waals surface area contributed by atoms with Crippen molar-refractivity contribution in [2.75, 3.05) is 0 Å². The first-order chi connectivity index (χ1) is 6.83. The van der Waals surface area contributed by atoms with Crippen LogP contribution in [0, 0.1) is 3.57 Å². The van der Waals surface area contributed by atoms with Gasteiger partial charge in [0, 0.05) is 3.57 Å². The lowest BCUT2D eigenvalue weighted by Gasteiger charge is -2.03. The fourth-order valence-electron chi connectivity index (χ4n) is 1.14. The average Bonchev–Trinajstić information content (AvgIpc) is 2.66. The number of benzene rings is 1. The number of carbonyl (C=O) groups excluding carboxylic acids is 1. The second-order valence-electron chi connectivity index (χ2n) is 2.60. The van der Waals surface area contributed by atoms with Gasteiger partial charge in [0.1, 0.15) is 6.33 Å². The zero-order chi connectivity index (χ0) is 9.97. The highest BCUT2D eigenvalue weighted by Crippen LogP contribution is 2.15. The molecule has 0 unspecified atom stereocenters. The lowest BCUT2D eigenvalue weighted by atomic mass is 10.3. The number of carbonyl (C=O) groups is 1. The van der Waals surface area contributed by atoms with Crippen molar-refractivity contribution in [2.24, 2.45) is 0 Å². The number of rotatable bonds is 2. The van der Waals surface area contributed by atoms with E-state index in [0.717, 1.165) is 9.26 Å². The smallest absolute Gasteiger partial charge is 0.196 e. The van der Waals surface area contributed by atoms with E-state index in [-0.39, 0.29) is 0 Å². The summed E-state index contributed by atoms with van der Waals surface area (Å²) < 4.78 is 2.55. The van der Waals surface area contributed by atoms with Gasteiger partial charge in [0.05, 0.1) is 5.69 Å². The Kier molecular flexibility index (Phi) is 2.58. The Morgan fingerprint density at radius 3 is 2.86 bits per heavy atom. The van der Waals surface area contributed by atoms with E-state index in [0.29, 0.717) is 12.1 Å². The first kappa shape index (κ1) is 9.32. The number of hydrogen-bond donors (Lipinski definition) is 0. The molecular weight excluding hydrogens is 293 g/mol. The molecule has 0 amide bonds. The van der Waals surface area contributed by atoms with Gasteiger partial charge in [-0.2, -0.15) is 5.10 Å². The highest BCUT2D eigenvalue weighted by Gasteiger charge is 2.07. The first-order valence-corrected chi connectivity index (χ1v) is 5.01. The number of aldehydes is 1. The molecule has 0 spiro atoms. The highest BCUT2D eigenvalue weighted by atomic mass is 127. The molecule has 0 radical (unpaired) electrons. The molecule has 0 atom stereocenters. The van der Waals surface area contributed by atoms with Crippen molar-refractivity contribution >= 4 is 28.9 Å². The summed E-state index contributed by atoms with van der Waals surface area (Å²) in [6, 6.07) is 7.67. The molecule has 0 bridgehead atoms. The maximum Gasteiger partial charge on any atom is 0.196 e. The van der Waals surface area contributed by atoms with Crippen LogP contribution in [0.1, 0.15) is 10.6 Å². The molecule has 4 nitrogen and oxygen atoms in total. The average molecular weight is 299 g/mol. The fraction of sp³-hybridized carbons (Fsp3) is 0. The monoisotopic (exact) mass is 299 g/mol. The number of para-hydroxylation sites is 1. The van der Waals surface area contributed by atoms with E-state index in [1.165, 1.54) is 11.0 Å². The zero-order valence-corrected chi connectivity index (χ0v) is 9.25. The van der Waals surface area contributed by atoms with Crippen LogP contribution in [0.3, 0.4) is 0 Å². The molecule has 0 fully saturated rings. The van der Waals surface area contributed by atoms with Crippen LogP contribution in [0.15, 0.2) is 30.6 Å². The Morgan fingerprint density at radius 1 is 1.36 bits per heavy atom. The van der Waals surface area contributed by atoms with E-state index in [9.17, 15) is 4.79 Å². The van der Waals surface area contributed by atoms with Crippen molar-refractivity contribution in [1.29, 1.82) is 0 Å². The van der Waals surface area contributed by atoms with Crippen molar-refractivity contribution in [1.82, 2.24) is 14.8 Å². The van der Waals surface area contributed by atoms with Gasteiger partial charge in [0.15, 0.2) is 12.1 Å². The van der Waals surface area contributed by atoms with Crippen LogP contribution < -0.4 is 0 Å². The minimum absolute atomic E-state index is 0.314. The van der Waals surface area contributed by atoms with Crippen LogP contribution in [0.2, 0.25) is 0 Å². The summed E-state index contributed by atoms with van der Waals surface area (Å²) in [6.07, 6.45) is 2.06. The van der Waals surface area contributed by atoms with Crippen LogP contribution in [-0.2, 0) is 0 Å². The molecule has 0 aliphatic carbocycles. The second kappa shape index (κ2) is 3.87. The van der Waals surface area contributed by atoms with E-state index < -0.39 is 0 Å². The van der Waals surface area contributed by atoms with E-state index in [1.807, 2.05) is 24.3 Å². The molecule has 2 aromatic rings. The molecule has 0 saturated heterocycles.